The molecule has 0 saturated carbocycles. The molecule has 1 heterocycles. The maximum Gasteiger partial charge on any atom is 0.250 e. The van der Waals surface area contributed by atoms with Crippen molar-refractivity contribution < 1.29 is 5.11 Å². The lowest BCUT2D eigenvalue weighted by atomic mass is 9.86. The van der Waals surface area contributed by atoms with Crippen LogP contribution in [0.5, 0.6) is 0 Å². The number of nitrogens with zero attached hydrogens (tertiary/aromatic N) is 1. The fourth-order valence-corrected chi connectivity index (χ4v) is 1.35. The maximum absolute atomic E-state index is 11.5. The van der Waals surface area contributed by atoms with Gasteiger partial charge in [-0.2, -0.15) is 0 Å². The van der Waals surface area contributed by atoms with Gasteiger partial charge in [0.1, 0.15) is 0 Å². The SMILES string of the molecule is CC(C)(O)C(C)(C)NCCn1ccccc1=O. The average Bonchev–Trinajstić information content (AvgIpc) is 2.19. The molecule has 2 N–H and O–H groups in total. The molecule has 0 fully saturated rings. The minimum atomic E-state index is -0.811. The lowest BCUT2D eigenvalue weighted by molar-refractivity contribution is -0.00463. The summed E-state index contributed by atoms with van der Waals surface area (Å²) in [6.45, 7) is 8.67. The molecule has 0 bridgehead atoms. The molecule has 0 spiro atoms. The molecule has 1 aromatic rings. The molecular weight excluding hydrogens is 216 g/mol. The van der Waals surface area contributed by atoms with Crippen LogP contribution in [0, 0.1) is 0 Å². The normalized spacial score (nSPS) is 12.8. The standard InChI is InChI=1S/C13H22N2O2/c1-12(2,13(3,4)17)14-8-10-15-9-6-5-7-11(15)16/h5-7,9,14,17H,8,10H2,1-4H3. The third kappa shape index (κ3) is 3.68. The molecule has 0 saturated heterocycles. The van der Waals surface area contributed by atoms with Gasteiger partial charge >= 0.3 is 0 Å². The Morgan fingerprint density at radius 1 is 1.29 bits per heavy atom. The van der Waals surface area contributed by atoms with Gasteiger partial charge in [-0.05, 0) is 33.8 Å². The number of hydrogen-bond donors (Lipinski definition) is 2. The molecule has 0 aromatic carbocycles. The lowest BCUT2D eigenvalue weighted by Crippen LogP contribution is -2.56. The van der Waals surface area contributed by atoms with E-state index in [-0.39, 0.29) is 5.56 Å². The highest BCUT2D eigenvalue weighted by atomic mass is 16.3. The molecule has 0 aliphatic carbocycles. The molecule has 1 rings (SSSR count). The summed E-state index contributed by atoms with van der Waals surface area (Å²) in [4.78, 5) is 11.5. The molecule has 0 aliphatic heterocycles. The van der Waals surface area contributed by atoms with Crippen molar-refractivity contribution in [3.63, 3.8) is 0 Å². The van der Waals surface area contributed by atoms with Crippen molar-refractivity contribution in [3.8, 4) is 0 Å². The summed E-state index contributed by atoms with van der Waals surface area (Å²) in [6, 6.07) is 5.11. The van der Waals surface area contributed by atoms with E-state index in [1.807, 2.05) is 19.9 Å². The number of pyridine rings is 1. The van der Waals surface area contributed by atoms with Crippen LogP contribution in [0.2, 0.25) is 0 Å². The predicted molar refractivity (Wildman–Crippen MR) is 69.1 cm³/mol. The smallest absolute Gasteiger partial charge is 0.250 e. The highest BCUT2D eigenvalue weighted by Gasteiger charge is 2.34. The first kappa shape index (κ1) is 13.9. The Bertz CT molecular complexity index is 416. The van der Waals surface area contributed by atoms with Gasteiger partial charge in [-0.1, -0.05) is 6.07 Å². The van der Waals surface area contributed by atoms with Gasteiger partial charge in [0.25, 0.3) is 5.56 Å². The zero-order valence-corrected chi connectivity index (χ0v) is 11.0. The molecule has 1 aromatic heterocycles. The number of aromatic nitrogens is 1. The largest absolute Gasteiger partial charge is 0.389 e. The van der Waals surface area contributed by atoms with Crippen molar-refractivity contribution in [2.75, 3.05) is 6.54 Å². The Hall–Kier alpha value is -1.13. The Balaban J connectivity index is 2.55. The molecule has 0 atom stereocenters. The maximum atomic E-state index is 11.5. The van der Waals surface area contributed by atoms with Crippen LogP contribution in [0.15, 0.2) is 29.2 Å². The summed E-state index contributed by atoms with van der Waals surface area (Å²) < 4.78 is 1.65. The van der Waals surface area contributed by atoms with E-state index in [0.717, 1.165) is 0 Å². The first-order valence-corrected chi connectivity index (χ1v) is 5.87. The number of rotatable bonds is 5. The van der Waals surface area contributed by atoms with E-state index in [9.17, 15) is 9.90 Å². The van der Waals surface area contributed by atoms with Gasteiger partial charge in [0.15, 0.2) is 0 Å². The van der Waals surface area contributed by atoms with E-state index in [0.29, 0.717) is 13.1 Å². The highest BCUT2D eigenvalue weighted by Crippen LogP contribution is 2.19. The van der Waals surface area contributed by atoms with Crippen molar-refractivity contribution in [3.05, 3.63) is 34.7 Å². The fourth-order valence-electron chi connectivity index (χ4n) is 1.35. The summed E-state index contributed by atoms with van der Waals surface area (Å²) in [6.07, 6.45) is 1.76. The second kappa shape index (κ2) is 5.02. The number of hydrogen-bond acceptors (Lipinski definition) is 3. The summed E-state index contributed by atoms with van der Waals surface area (Å²) in [5, 5.41) is 13.2. The highest BCUT2D eigenvalue weighted by molar-refractivity contribution is 4.95. The van der Waals surface area contributed by atoms with E-state index in [1.54, 1.807) is 36.7 Å². The predicted octanol–water partition coefficient (Wildman–Crippen LogP) is 0.987. The Morgan fingerprint density at radius 3 is 2.47 bits per heavy atom. The van der Waals surface area contributed by atoms with E-state index >= 15 is 0 Å². The number of nitrogens with one attached hydrogen (secondary N) is 1. The van der Waals surface area contributed by atoms with Gasteiger partial charge in [0.2, 0.25) is 0 Å². The minimum Gasteiger partial charge on any atom is -0.389 e. The molecule has 0 radical (unpaired) electrons. The molecule has 96 valence electrons. The molecule has 0 unspecified atom stereocenters. The van der Waals surface area contributed by atoms with Gasteiger partial charge in [0, 0.05) is 30.9 Å². The van der Waals surface area contributed by atoms with Crippen molar-refractivity contribution in [1.82, 2.24) is 9.88 Å². The quantitative estimate of drug-likeness (QED) is 0.804. The second-order valence-corrected chi connectivity index (χ2v) is 5.34. The van der Waals surface area contributed by atoms with Crippen LogP contribution in [0.4, 0.5) is 0 Å². The molecular formula is C13H22N2O2. The van der Waals surface area contributed by atoms with Crippen molar-refractivity contribution in [2.24, 2.45) is 0 Å². The summed E-state index contributed by atoms with van der Waals surface area (Å²) in [7, 11) is 0. The van der Waals surface area contributed by atoms with Crippen LogP contribution in [0.25, 0.3) is 0 Å². The van der Waals surface area contributed by atoms with Crippen LogP contribution in [-0.2, 0) is 6.54 Å². The number of aliphatic hydroxyl groups is 1. The summed E-state index contributed by atoms with van der Waals surface area (Å²) >= 11 is 0. The van der Waals surface area contributed by atoms with Crippen LogP contribution in [0.1, 0.15) is 27.7 Å². The van der Waals surface area contributed by atoms with Crippen LogP contribution < -0.4 is 10.9 Å². The Morgan fingerprint density at radius 2 is 1.94 bits per heavy atom. The van der Waals surface area contributed by atoms with E-state index in [1.165, 1.54) is 0 Å². The van der Waals surface area contributed by atoms with Gasteiger partial charge < -0.3 is 15.0 Å². The molecule has 17 heavy (non-hydrogen) atoms. The van der Waals surface area contributed by atoms with Crippen molar-refractivity contribution in [1.29, 1.82) is 0 Å². The molecule has 4 heteroatoms. The van der Waals surface area contributed by atoms with E-state index in [2.05, 4.69) is 5.32 Å². The van der Waals surface area contributed by atoms with Gasteiger partial charge in [-0.15, -0.1) is 0 Å². The monoisotopic (exact) mass is 238 g/mol. The van der Waals surface area contributed by atoms with E-state index in [4.69, 9.17) is 0 Å². The second-order valence-electron chi connectivity index (χ2n) is 5.34. The summed E-state index contributed by atoms with van der Waals surface area (Å²) in [5.41, 5.74) is -1.21. The molecule has 4 nitrogen and oxygen atoms in total. The van der Waals surface area contributed by atoms with Crippen LogP contribution in [-0.4, -0.2) is 27.4 Å². The topological polar surface area (TPSA) is 54.3 Å². The van der Waals surface area contributed by atoms with Gasteiger partial charge in [-0.3, -0.25) is 4.79 Å². The van der Waals surface area contributed by atoms with E-state index < -0.39 is 11.1 Å². The first-order chi connectivity index (χ1) is 7.74. The third-order valence-corrected chi connectivity index (χ3v) is 3.35. The third-order valence-electron chi connectivity index (χ3n) is 3.35. The van der Waals surface area contributed by atoms with Crippen LogP contribution >= 0.6 is 0 Å². The zero-order chi connectivity index (χ0) is 13.1. The molecule has 0 amide bonds. The van der Waals surface area contributed by atoms with Crippen LogP contribution in [0.3, 0.4) is 0 Å². The Kier molecular flexibility index (Phi) is 4.11. The average molecular weight is 238 g/mol. The molecule has 0 aliphatic rings. The zero-order valence-electron chi connectivity index (χ0n) is 11.0. The van der Waals surface area contributed by atoms with Crippen molar-refractivity contribution in [2.45, 2.75) is 45.4 Å². The summed E-state index contributed by atoms with van der Waals surface area (Å²) in [5.74, 6) is 0. The first-order valence-electron chi connectivity index (χ1n) is 5.87. The lowest BCUT2D eigenvalue weighted by Gasteiger charge is -2.38. The van der Waals surface area contributed by atoms with Gasteiger partial charge in [0.05, 0.1) is 5.60 Å². The van der Waals surface area contributed by atoms with Crippen molar-refractivity contribution >= 4 is 0 Å². The fraction of sp³-hybridized carbons (Fsp3) is 0.615. The Labute approximate surface area is 102 Å². The minimum absolute atomic E-state index is 0.00429. The van der Waals surface area contributed by atoms with Gasteiger partial charge in [-0.25, -0.2) is 0 Å².